The molecule has 0 heterocycles. The van der Waals surface area contributed by atoms with Crippen molar-refractivity contribution >= 4 is 28.7 Å². The van der Waals surface area contributed by atoms with Crippen LogP contribution < -0.4 is 15.8 Å². The summed E-state index contributed by atoms with van der Waals surface area (Å²) in [7, 11) is 0. The van der Waals surface area contributed by atoms with Crippen LogP contribution in [-0.4, -0.2) is 6.61 Å². The van der Waals surface area contributed by atoms with Crippen LogP contribution in [0.2, 0.25) is 5.02 Å². The Labute approximate surface area is 122 Å². The lowest BCUT2D eigenvalue weighted by molar-refractivity contribution is 0.319. The summed E-state index contributed by atoms with van der Waals surface area (Å²) >= 11 is 5.75. The number of nitrogens with one attached hydrogen (secondary N) is 1. The van der Waals surface area contributed by atoms with Gasteiger partial charge in [0.05, 0.1) is 17.3 Å². The Morgan fingerprint density at radius 2 is 1.90 bits per heavy atom. The van der Waals surface area contributed by atoms with Gasteiger partial charge < -0.3 is 15.8 Å². The Hall–Kier alpha value is -1.94. The Balaban J connectivity index is 2.18. The van der Waals surface area contributed by atoms with Crippen molar-refractivity contribution in [2.24, 2.45) is 0 Å². The first kappa shape index (κ1) is 14.5. The first-order chi connectivity index (χ1) is 9.60. The number of nitrogens with two attached hydrogens (primary N) is 1. The van der Waals surface area contributed by atoms with Crippen LogP contribution >= 0.6 is 11.6 Å². The monoisotopic (exact) mass is 294 g/mol. The molecule has 3 N–H and O–H groups in total. The Bertz CT molecular complexity index is 604. The molecular weight excluding hydrogens is 279 g/mol. The lowest BCUT2D eigenvalue weighted by atomic mass is 10.2. The molecule has 2 aromatic rings. The molecule has 0 aliphatic heterocycles. The summed E-state index contributed by atoms with van der Waals surface area (Å²) < 4.78 is 18.7. The first-order valence-electron chi connectivity index (χ1n) is 6.34. The van der Waals surface area contributed by atoms with Crippen LogP contribution in [0, 0.1) is 5.82 Å². The minimum Gasteiger partial charge on any atom is -0.491 e. The zero-order valence-corrected chi connectivity index (χ0v) is 11.9. The van der Waals surface area contributed by atoms with Crippen LogP contribution in [0.25, 0.3) is 0 Å². The third-order valence-electron chi connectivity index (χ3n) is 2.68. The van der Waals surface area contributed by atoms with E-state index in [1.807, 2.05) is 19.1 Å². The average Bonchev–Trinajstić information content (AvgIpc) is 2.43. The van der Waals surface area contributed by atoms with Gasteiger partial charge in [-0.05, 0) is 36.8 Å². The van der Waals surface area contributed by atoms with Gasteiger partial charge in [0.25, 0.3) is 0 Å². The lowest BCUT2D eigenvalue weighted by Gasteiger charge is -2.12. The van der Waals surface area contributed by atoms with E-state index in [-0.39, 0.29) is 5.02 Å². The summed E-state index contributed by atoms with van der Waals surface area (Å²) in [5.41, 5.74) is 7.92. The maximum Gasteiger partial charge on any atom is 0.144 e. The van der Waals surface area contributed by atoms with E-state index >= 15 is 0 Å². The molecule has 2 rings (SSSR count). The van der Waals surface area contributed by atoms with Gasteiger partial charge in [-0.25, -0.2) is 4.39 Å². The molecule has 0 saturated heterocycles. The minimum absolute atomic E-state index is 0.0768. The predicted octanol–water partition coefficient (Wildman–Crippen LogP) is 4.59. The molecule has 0 amide bonds. The molecule has 0 spiro atoms. The number of benzene rings is 2. The summed E-state index contributed by atoms with van der Waals surface area (Å²) in [6, 6.07) is 9.85. The number of rotatable bonds is 5. The van der Waals surface area contributed by atoms with E-state index in [1.165, 1.54) is 12.1 Å². The fourth-order valence-electron chi connectivity index (χ4n) is 1.69. The molecule has 2 aromatic carbocycles. The lowest BCUT2D eigenvalue weighted by Crippen LogP contribution is -2.00. The molecule has 0 saturated carbocycles. The van der Waals surface area contributed by atoms with Crippen LogP contribution in [-0.2, 0) is 0 Å². The molecule has 0 radical (unpaired) electrons. The molecule has 106 valence electrons. The second kappa shape index (κ2) is 6.48. The molecule has 20 heavy (non-hydrogen) atoms. The van der Waals surface area contributed by atoms with Crippen LogP contribution in [0.5, 0.6) is 5.75 Å². The normalized spacial score (nSPS) is 10.3. The van der Waals surface area contributed by atoms with Crippen molar-refractivity contribution in [2.75, 3.05) is 17.7 Å². The molecule has 3 nitrogen and oxygen atoms in total. The second-order valence-corrected chi connectivity index (χ2v) is 4.76. The van der Waals surface area contributed by atoms with Crippen LogP contribution in [0.3, 0.4) is 0 Å². The number of anilines is 3. The fraction of sp³-hybridized carbons (Fsp3) is 0.200. The highest BCUT2D eigenvalue weighted by Gasteiger charge is 2.04. The van der Waals surface area contributed by atoms with Crippen LogP contribution in [0.4, 0.5) is 21.5 Å². The minimum atomic E-state index is -0.443. The first-order valence-corrected chi connectivity index (χ1v) is 6.72. The van der Waals surface area contributed by atoms with Gasteiger partial charge in [0, 0.05) is 17.4 Å². The molecule has 5 heteroatoms. The number of hydrogen-bond donors (Lipinski definition) is 2. The van der Waals surface area contributed by atoms with Crippen molar-refractivity contribution in [1.82, 2.24) is 0 Å². The van der Waals surface area contributed by atoms with E-state index < -0.39 is 5.82 Å². The molecule has 0 unspecified atom stereocenters. The van der Waals surface area contributed by atoms with Gasteiger partial charge in [-0.1, -0.05) is 18.5 Å². The van der Waals surface area contributed by atoms with Crippen LogP contribution in [0.15, 0.2) is 36.4 Å². The topological polar surface area (TPSA) is 47.3 Å². The molecule has 0 aliphatic rings. The third kappa shape index (κ3) is 3.54. The Morgan fingerprint density at radius 3 is 2.60 bits per heavy atom. The van der Waals surface area contributed by atoms with Crippen molar-refractivity contribution in [1.29, 1.82) is 0 Å². The quantitative estimate of drug-likeness (QED) is 0.793. The SMILES string of the molecule is CCCOc1cc(Nc2ccc(F)c(Cl)c2)ccc1N. The molecule has 0 atom stereocenters. The summed E-state index contributed by atoms with van der Waals surface area (Å²) in [4.78, 5) is 0. The molecular formula is C15H16ClFN2O. The zero-order valence-electron chi connectivity index (χ0n) is 11.1. The van der Waals surface area contributed by atoms with Crippen molar-refractivity contribution in [3.05, 3.63) is 47.2 Å². The van der Waals surface area contributed by atoms with Gasteiger partial charge in [0.15, 0.2) is 0 Å². The zero-order chi connectivity index (χ0) is 14.5. The predicted molar refractivity (Wildman–Crippen MR) is 81.3 cm³/mol. The highest BCUT2D eigenvalue weighted by Crippen LogP contribution is 2.28. The van der Waals surface area contributed by atoms with Crippen molar-refractivity contribution < 1.29 is 9.13 Å². The van der Waals surface area contributed by atoms with Crippen LogP contribution in [0.1, 0.15) is 13.3 Å². The van der Waals surface area contributed by atoms with Gasteiger partial charge in [0.1, 0.15) is 11.6 Å². The highest BCUT2D eigenvalue weighted by atomic mass is 35.5. The maximum atomic E-state index is 13.1. The van der Waals surface area contributed by atoms with E-state index in [2.05, 4.69) is 5.32 Å². The van der Waals surface area contributed by atoms with E-state index in [4.69, 9.17) is 22.1 Å². The van der Waals surface area contributed by atoms with E-state index in [1.54, 1.807) is 12.1 Å². The Morgan fingerprint density at radius 1 is 1.20 bits per heavy atom. The van der Waals surface area contributed by atoms with Gasteiger partial charge in [-0.2, -0.15) is 0 Å². The fourth-order valence-corrected chi connectivity index (χ4v) is 1.87. The van der Waals surface area contributed by atoms with E-state index in [9.17, 15) is 4.39 Å². The largest absolute Gasteiger partial charge is 0.491 e. The summed E-state index contributed by atoms with van der Waals surface area (Å²) in [6.45, 7) is 2.63. The maximum absolute atomic E-state index is 13.1. The molecule has 0 fully saturated rings. The van der Waals surface area contributed by atoms with Crippen molar-refractivity contribution in [3.63, 3.8) is 0 Å². The van der Waals surface area contributed by atoms with E-state index in [0.29, 0.717) is 23.7 Å². The Kier molecular flexibility index (Phi) is 4.69. The standard InChI is InChI=1S/C15H16ClFN2O/c1-2-7-20-15-9-11(4-6-14(15)18)19-10-3-5-13(17)12(16)8-10/h3-6,8-9,19H,2,7,18H2,1H3. The summed E-state index contributed by atoms with van der Waals surface area (Å²) in [5, 5.41) is 3.21. The van der Waals surface area contributed by atoms with Crippen molar-refractivity contribution in [2.45, 2.75) is 13.3 Å². The van der Waals surface area contributed by atoms with Gasteiger partial charge in [0.2, 0.25) is 0 Å². The molecule has 0 aliphatic carbocycles. The smallest absolute Gasteiger partial charge is 0.144 e. The van der Waals surface area contributed by atoms with Gasteiger partial charge >= 0.3 is 0 Å². The number of nitrogen functional groups attached to an aromatic ring is 1. The number of halogens is 2. The molecule has 0 aromatic heterocycles. The number of ether oxygens (including phenoxy) is 1. The summed E-state index contributed by atoms with van der Waals surface area (Å²) in [6.07, 6.45) is 0.907. The number of hydrogen-bond acceptors (Lipinski definition) is 3. The molecule has 0 bridgehead atoms. The third-order valence-corrected chi connectivity index (χ3v) is 2.97. The van der Waals surface area contributed by atoms with E-state index in [0.717, 1.165) is 12.1 Å². The highest BCUT2D eigenvalue weighted by molar-refractivity contribution is 6.31. The van der Waals surface area contributed by atoms with Crippen molar-refractivity contribution in [3.8, 4) is 5.75 Å². The average molecular weight is 295 g/mol. The van der Waals surface area contributed by atoms with Gasteiger partial charge in [-0.15, -0.1) is 0 Å². The van der Waals surface area contributed by atoms with Gasteiger partial charge in [-0.3, -0.25) is 0 Å². The second-order valence-electron chi connectivity index (χ2n) is 4.35. The summed E-state index contributed by atoms with van der Waals surface area (Å²) in [5.74, 6) is 0.187.